The fraction of sp³-hybridized carbons (Fsp3) is 0.533. The molecular formula is C15H22N2O. The first kappa shape index (κ1) is 12.9. The highest BCUT2D eigenvalue weighted by atomic mass is 16.1. The largest absolute Gasteiger partial charge is 0.399 e. The molecule has 0 aliphatic heterocycles. The molecule has 18 heavy (non-hydrogen) atoms. The van der Waals surface area contributed by atoms with Gasteiger partial charge in [0.1, 0.15) is 0 Å². The van der Waals surface area contributed by atoms with Crippen LogP contribution in [0.5, 0.6) is 0 Å². The number of hydrogen-bond donors (Lipinski definition) is 2. The van der Waals surface area contributed by atoms with Crippen LogP contribution in [0.2, 0.25) is 0 Å². The van der Waals surface area contributed by atoms with E-state index in [2.05, 4.69) is 12.2 Å². The molecule has 1 aliphatic rings. The highest BCUT2D eigenvalue weighted by Gasteiger charge is 2.29. The van der Waals surface area contributed by atoms with Gasteiger partial charge in [-0.05, 0) is 37.8 Å². The molecule has 0 unspecified atom stereocenters. The molecule has 2 rings (SSSR count). The van der Waals surface area contributed by atoms with Crippen LogP contribution >= 0.6 is 0 Å². The van der Waals surface area contributed by atoms with Crippen molar-refractivity contribution in [1.29, 1.82) is 0 Å². The van der Waals surface area contributed by atoms with Gasteiger partial charge in [0.05, 0.1) is 0 Å². The number of benzene rings is 1. The van der Waals surface area contributed by atoms with Gasteiger partial charge in [-0.25, -0.2) is 0 Å². The Balaban J connectivity index is 1.83. The van der Waals surface area contributed by atoms with Crippen molar-refractivity contribution in [1.82, 2.24) is 5.32 Å². The van der Waals surface area contributed by atoms with Gasteiger partial charge >= 0.3 is 0 Å². The van der Waals surface area contributed by atoms with Crippen LogP contribution < -0.4 is 11.1 Å². The molecule has 3 heteroatoms. The molecule has 1 amide bonds. The van der Waals surface area contributed by atoms with Gasteiger partial charge in [-0.2, -0.15) is 0 Å². The van der Waals surface area contributed by atoms with E-state index < -0.39 is 0 Å². The summed E-state index contributed by atoms with van der Waals surface area (Å²) < 4.78 is 0. The average Bonchev–Trinajstić information content (AvgIpc) is 2.74. The zero-order chi connectivity index (χ0) is 13.0. The monoisotopic (exact) mass is 246 g/mol. The standard InChI is InChI=1S/C15H22N2O/c1-15(10-4-5-11-15)17-14(18)9-8-12-6-2-3-7-13(12)16/h2-3,6-7H,4-5,8-11,16H2,1H3,(H,17,18). The predicted molar refractivity (Wildman–Crippen MR) is 74.2 cm³/mol. The number of rotatable bonds is 4. The van der Waals surface area contributed by atoms with E-state index in [0.717, 1.165) is 24.1 Å². The molecule has 0 radical (unpaired) electrons. The number of nitrogens with one attached hydrogen (secondary N) is 1. The Hall–Kier alpha value is -1.51. The molecule has 0 atom stereocenters. The van der Waals surface area contributed by atoms with Crippen LogP contribution in [0.3, 0.4) is 0 Å². The first-order valence-electron chi connectivity index (χ1n) is 6.73. The van der Waals surface area contributed by atoms with Crippen LogP contribution in [-0.4, -0.2) is 11.4 Å². The zero-order valence-corrected chi connectivity index (χ0v) is 11.0. The van der Waals surface area contributed by atoms with Gasteiger partial charge in [0.25, 0.3) is 0 Å². The first-order chi connectivity index (χ1) is 8.59. The molecule has 1 fully saturated rings. The minimum atomic E-state index is 0.0271. The maximum atomic E-state index is 11.9. The number of carbonyl (C=O) groups excluding carboxylic acids is 1. The smallest absolute Gasteiger partial charge is 0.220 e. The number of hydrogen-bond acceptors (Lipinski definition) is 2. The third-order valence-corrected chi connectivity index (χ3v) is 3.82. The molecule has 1 aliphatic carbocycles. The van der Waals surface area contributed by atoms with E-state index in [1.54, 1.807) is 0 Å². The Morgan fingerprint density at radius 3 is 2.67 bits per heavy atom. The Labute approximate surface area is 109 Å². The van der Waals surface area contributed by atoms with Gasteiger partial charge in [-0.1, -0.05) is 31.0 Å². The van der Waals surface area contributed by atoms with Crippen molar-refractivity contribution in [3.63, 3.8) is 0 Å². The third-order valence-electron chi connectivity index (χ3n) is 3.82. The van der Waals surface area contributed by atoms with Gasteiger partial charge in [-0.15, -0.1) is 0 Å². The summed E-state index contributed by atoms with van der Waals surface area (Å²) in [5.74, 6) is 0.141. The Morgan fingerprint density at radius 1 is 1.33 bits per heavy atom. The molecule has 1 aromatic carbocycles. The van der Waals surface area contributed by atoms with Crippen molar-refractivity contribution in [3.05, 3.63) is 29.8 Å². The van der Waals surface area contributed by atoms with E-state index in [1.165, 1.54) is 12.8 Å². The van der Waals surface area contributed by atoms with E-state index in [4.69, 9.17) is 5.73 Å². The number of carbonyl (C=O) groups is 1. The summed E-state index contributed by atoms with van der Waals surface area (Å²) >= 11 is 0. The lowest BCUT2D eigenvalue weighted by atomic mass is 10.00. The Kier molecular flexibility index (Phi) is 3.90. The second-order valence-electron chi connectivity index (χ2n) is 5.51. The molecular weight excluding hydrogens is 224 g/mol. The number of aryl methyl sites for hydroxylation is 1. The number of amides is 1. The van der Waals surface area contributed by atoms with E-state index in [9.17, 15) is 4.79 Å². The van der Waals surface area contributed by atoms with Crippen molar-refractivity contribution in [3.8, 4) is 0 Å². The minimum absolute atomic E-state index is 0.0271. The second kappa shape index (κ2) is 5.42. The lowest BCUT2D eigenvalue weighted by molar-refractivity contribution is -0.122. The summed E-state index contributed by atoms with van der Waals surface area (Å²) in [6, 6.07) is 7.74. The highest BCUT2D eigenvalue weighted by molar-refractivity contribution is 5.77. The third kappa shape index (κ3) is 3.25. The SMILES string of the molecule is CC1(NC(=O)CCc2ccccc2N)CCCC1. The first-order valence-corrected chi connectivity index (χ1v) is 6.73. The molecule has 0 heterocycles. The van der Waals surface area contributed by atoms with Crippen molar-refractivity contribution in [2.75, 3.05) is 5.73 Å². The summed E-state index contributed by atoms with van der Waals surface area (Å²) in [6.07, 6.45) is 5.89. The van der Waals surface area contributed by atoms with E-state index in [-0.39, 0.29) is 11.4 Å². The predicted octanol–water partition coefficient (Wildman–Crippen LogP) is 2.65. The van der Waals surface area contributed by atoms with Gasteiger partial charge in [-0.3, -0.25) is 4.79 Å². The van der Waals surface area contributed by atoms with E-state index in [1.807, 2.05) is 24.3 Å². The summed E-state index contributed by atoms with van der Waals surface area (Å²) in [4.78, 5) is 11.9. The molecule has 1 saturated carbocycles. The van der Waals surface area contributed by atoms with Crippen molar-refractivity contribution in [2.45, 2.75) is 51.0 Å². The maximum Gasteiger partial charge on any atom is 0.220 e. The Bertz CT molecular complexity index is 422. The second-order valence-corrected chi connectivity index (χ2v) is 5.51. The summed E-state index contributed by atoms with van der Waals surface area (Å²) in [7, 11) is 0. The van der Waals surface area contributed by atoms with Crippen molar-refractivity contribution < 1.29 is 4.79 Å². The molecule has 98 valence electrons. The topological polar surface area (TPSA) is 55.1 Å². The van der Waals surface area contributed by atoms with Crippen LogP contribution in [0, 0.1) is 0 Å². The van der Waals surface area contributed by atoms with Gasteiger partial charge in [0.15, 0.2) is 0 Å². The van der Waals surface area contributed by atoms with Gasteiger partial charge in [0, 0.05) is 17.6 Å². The summed E-state index contributed by atoms with van der Waals surface area (Å²) in [5, 5.41) is 3.17. The molecule has 3 nitrogen and oxygen atoms in total. The molecule has 1 aromatic rings. The highest BCUT2D eigenvalue weighted by Crippen LogP contribution is 2.28. The van der Waals surface area contributed by atoms with Gasteiger partial charge < -0.3 is 11.1 Å². The van der Waals surface area contributed by atoms with Crippen molar-refractivity contribution in [2.24, 2.45) is 0 Å². The molecule has 0 spiro atoms. The van der Waals surface area contributed by atoms with Crippen LogP contribution in [0.25, 0.3) is 0 Å². The Morgan fingerprint density at radius 2 is 2.00 bits per heavy atom. The van der Waals surface area contributed by atoms with Crippen LogP contribution in [0.1, 0.15) is 44.6 Å². The van der Waals surface area contributed by atoms with Gasteiger partial charge in [0.2, 0.25) is 5.91 Å². The van der Waals surface area contributed by atoms with Crippen LogP contribution in [0.4, 0.5) is 5.69 Å². The normalized spacial score (nSPS) is 17.6. The molecule has 3 N–H and O–H groups in total. The lowest BCUT2D eigenvalue weighted by Crippen LogP contribution is -2.43. The van der Waals surface area contributed by atoms with Crippen LogP contribution in [-0.2, 0) is 11.2 Å². The summed E-state index contributed by atoms with van der Waals surface area (Å²) in [6.45, 7) is 2.15. The zero-order valence-electron chi connectivity index (χ0n) is 11.0. The number of nitrogen functional groups attached to an aromatic ring is 1. The number of nitrogens with two attached hydrogens (primary N) is 1. The molecule has 0 aromatic heterocycles. The quantitative estimate of drug-likeness (QED) is 0.802. The van der Waals surface area contributed by atoms with Crippen molar-refractivity contribution >= 4 is 11.6 Å². The fourth-order valence-corrected chi connectivity index (χ4v) is 2.69. The summed E-state index contributed by atoms with van der Waals surface area (Å²) in [5.41, 5.74) is 7.73. The van der Waals surface area contributed by atoms with E-state index >= 15 is 0 Å². The number of para-hydroxylation sites is 1. The average molecular weight is 246 g/mol. The molecule has 0 bridgehead atoms. The minimum Gasteiger partial charge on any atom is -0.399 e. The fourth-order valence-electron chi connectivity index (χ4n) is 2.69. The van der Waals surface area contributed by atoms with E-state index in [0.29, 0.717) is 12.8 Å². The molecule has 0 saturated heterocycles. The van der Waals surface area contributed by atoms with Crippen LogP contribution in [0.15, 0.2) is 24.3 Å². The number of anilines is 1. The maximum absolute atomic E-state index is 11.9. The lowest BCUT2D eigenvalue weighted by Gasteiger charge is -2.25.